The highest BCUT2D eigenvalue weighted by Crippen LogP contribution is 2.29. The molecule has 4 rings (SSSR count). The van der Waals surface area contributed by atoms with Gasteiger partial charge in [-0.15, -0.1) is 0 Å². The first-order valence-corrected chi connectivity index (χ1v) is 11.3. The minimum atomic E-state index is -0.506. The largest absolute Gasteiger partial charge is 0.351 e. The fourth-order valence-electron chi connectivity index (χ4n) is 3.56. The minimum absolute atomic E-state index is 0.0369. The van der Waals surface area contributed by atoms with E-state index in [9.17, 15) is 18.8 Å². The van der Waals surface area contributed by atoms with Crippen molar-refractivity contribution in [2.75, 3.05) is 18.4 Å². The minimum Gasteiger partial charge on any atom is -0.351 e. The lowest BCUT2D eigenvalue weighted by Gasteiger charge is -2.16. The van der Waals surface area contributed by atoms with Crippen LogP contribution in [0.5, 0.6) is 0 Å². The summed E-state index contributed by atoms with van der Waals surface area (Å²) >= 11 is 1.35. The fraction of sp³-hybridized carbons (Fsp3) is 0.304. The van der Waals surface area contributed by atoms with Crippen LogP contribution < -0.4 is 10.6 Å². The van der Waals surface area contributed by atoms with Crippen LogP contribution in [0, 0.1) is 5.82 Å². The molecule has 1 saturated heterocycles. The molecule has 32 heavy (non-hydrogen) atoms. The van der Waals surface area contributed by atoms with Gasteiger partial charge in [0, 0.05) is 42.9 Å². The van der Waals surface area contributed by atoms with Crippen LogP contribution in [-0.2, 0) is 16.1 Å². The van der Waals surface area contributed by atoms with E-state index in [1.54, 1.807) is 42.5 Å². The molecule has 0 aromatic heterocycles. The maximum Gasteiger partial charge on any atom is 0.262 e. The van der Waals surface area contributed by atoms with Crippen molar-refractivity contribution in [2.24, 2.45) is 4.99 Å². The normalized spacial score (nSPS) is 17.9. The summed E-state index contributed by atoms with van der Waals surface area (Å²) in [6.07, 6.45) is 2.22. The Morgan fingerprint density at radius 1 is 1.09 bits per heavy atom. The lowest BCUT2D eigenvalue weighted by molar-refractivity contribution is -0.121. The summed E-state index contributed by atoms with van der Waals surface area (Å²) in [7, 11) is 0. The Bertz CT molecular complexity index is 1050. The molecule has 2 heterocycles. The van der Waals surface area contributed by atoms with Crippen LogP contribution in [0.3, 0.4) is 0 Å². The summed E-state index contributed by atoms with van der Waals surface area (Å²) in [5.74, 6) is -1.27. The average molecular weight is 455 g/mol. The Morgan fingerprint density at radius 3 is 2.53 bits per heavy atom. The zero-order valence-electron chi connectivity index (χ0n) is 17.3. The third kappa shape index (κ3) is 5.34. The van der Waals surface area contributed by atoms with Crippen molar-refractivity contribution >= 4 is 40.3 Å². The number of likely N-dealkylation sites (tertiary alicyclic amines) is 1. The number of nitrogens with one attached hydrogen (secondary N) is 2. The Kier molecular flexibility index (Phi) is 6.84. The second kappa shape index (κ2) is 9.95. The number of hydrogen-bond donors (Lipinski definition) is 2. The smallest absolute Gasteiger partial charge is 0.262 e. The van der Waals surface area contributed by atoms with Gasteiger partial charge in [-0.05, 0) is 43.2 Å². The molecular formula is C23H23FN4O3S. The molecule has 1 atom stereocenters. The number of anilines is 1. The number of aliphatic imine (C=N–C) groups is 1. The molecule has 0 unspecified atom stereocenters. The molecule has 0 saturated carbocycles. The number of halogens is 1. The Morgan fingerprint density at radius 2 is 1.81 bits per heavy atom. The number of nitrogens with zero attached hydrogens (tertiary/aromatic N) is 2. The van der Waals surface area contributed by atoms with Crippen LogP contribution in [0.4, 0.5) is 10.1 Å². The molecule has 0 spiro atoms. The lowest BCUT2D eigenvalue weighted by Crippen LogP contribution is -2.25. The molecule has 2 aromatic rings. The molecular weight excluding hydrogens is 431 g/mol. The molecule has 2 aliphatic heterocycles. The summed E-state index contributed by atoms with van der Waals surface area (Å²) in [5.41, 5.74) is 1.32. The second-order valence-corrected chi connectivity index (χ2v) is 8.81. The van der Waals surface area contributed by atoms with E-state index >= 15 is 0 Å². The van der Waals surface area contributed by atoms with Crippen molar-refractivity contribution in [1.82, 2.24) is 10.2 Å². The number of benzene rings is 2. The maximum absolute atomic E-state index is 13.7. The highest BCUT2D eigenvalue weighted by molar-refractivity contribution is 8.15. The first-order valence-electron chi connectivity index (χ1n) is 10.5. The third-order valence-corrected chi connectivity index (χ3v) is 6.52. The first kappa shape index (κ1) is 22.0. The standard InChI is InChI=1S/C23H23FN4O3S/c24-18-6-2-1-5-16(18)14-25-21(30)15-7-9-17(10-8-15)26-20(29)13-19-22(31)27-23(32-19)28-11-3-4-12-28/h1-2,5-10,19H,3-4,11-14H2,(H,25,30)(H,26,29)/t19-/m0/s1. The van der Waals surface area contributed by atoms with Crippen molar-refractivity contribution in [3.8, 4) is 0 Å². The Hall–Kier alpha value is -3.20. The molecule has 0 aliphatic carbocycles. The van der Waals surface area contributed by atoms with E-state index in [1.807, 2.05) is 0 Å². The van der Waals surface area contributed by atoms with E-state index in [4.69, 9.17) is 0 Å². The van der Waals surface area contributed by atoms with Crippen molar-refractivity contribution < 1.29 is 18.8 Å². The highest BCUT2D eigenvalue weighted by Gasteiger charge is 2.33. The molecule has 2 aliphatic rings. The van der Waals surface area contributed by atoms with Gasteiger partial charge in [0.25, 0.3) is 11.8 Å². The van der Waals surface area contributed by atoms with Gasteiger partial charge in [0.2, 0.25) is 5.91 Å². The van der Waals surface area contributed by atoms with Crippen LogP contribution in [-0.4, -0.2) is 46.1 Å². The van der Waals surface area contributed by atoms with E-state index < -0.39 is 5.25 Å². The van der Waals surface area contributed by atoms with E-state index in [-0.39, 0.29) is 36.5 Å². The fourth-order valence-corrected chi connectivity index (χ4v) is 4.67. The number of thioether (sulfide) groups is 1. The second-order valence-electron chi connectivity index (χ2n) is 7.64. The number of amidine groups is 1. The van der Waals surface area contributed by atoms with Crippen LogP contribution in [0.1, 0.15) is 35.2 Å². The van der Waals surface area contributed by atoms with Crippen molar-refractivity contribution in [3.05, 3.63) is 65.5 Å². The van der Waals surface area contributed by atoms with Crippen molar-refractivity contribution in [2.45, 2.75) is 31.1 Å². The molecule has 7 nitrogen and oxygen atoms in total. The van der Waals surface area contributed by atoms with Gasteiger partial charge < -0.3 is 15.5 Å². The van der Waals surface area contributed by atoms with Crippen LogP contribution in [0.15, 0.2) is 53.5 Å². The molecule has 3 amide bonds. The quantitative estimate of drug-likeness (QED) is 0.700. The Labute approximate surface area is 189 Å². The van der Waals surface area contributed by atoms with Crippen molar-refractivity contribution in [1.29, 1.82) is 0 Å². The number of rotatable bonds is 6. The van der Waals surface area contributed by atoms with Gasteiger partial charge in [0.05, 0.1) is 0 Å². The van der Waals surface area contributed by atoms with Gasteiger partial charge in [-0.1, -0.05) is 30.0 Å². The lowest BCUT2D eigenvalue weighted by atomic mass is 10.1. The predicted molar refractivity (Wildman–Crippen MR) is 122 cm³/mol. The molecule has 9 heteroatoms. The zero-order valence-corrected chi connectivity index (χ0v) is 18.2. The molecule has 2 N–H and O–H groups in total. The van der Waals surface area contributed by atoms with E-state index in [1.165, 1.54) is 17.8 Å². The van der Waals surface area contributed by atoms with Gasteiger partial charge in [-0.25, -0.2) is 4.39 Å². The summed E-state index contributed by atoms with van der Waals surface area (Å²) < 4.78 is 13.7. The van der Waals surface area contributed by atoms with Gasteiger partial charge in [0.1, 0.15) is 11.1 Å². The zero-order chi connectivity index (χ0) is 22.5. The highest BCUT2D eigenvalue weighted by atomic mass is 32.2. The number of amides is 3. The predicted octanol–water partition coefficient (Wildman–Crippen LogP) is 3.18. The Balaban J connectivity index is 1.26. The average Bonchev–Trinajstić information content (AvgIpc) is 3.44. The summed E-state index contributed by atoms with van der Waals surface area (Å²) in [6, 6.07) is 12.6. The van der Waals surface area contributed by atoms with E-state index in [0.717, 1.165) is 31.1 Å². The SMILES string of the molecule is O=C(C[C@@H]1SC(N2CCCC2)=NC1=O)Nc1ccc(C(=O)NCc2ccccc2F)cc1. The van der Waals surface area contributed by atoms with E-state index in [0.29, 0.717) is 16.8 Å². The van der Waals surface area contributed by atoms with Gasteiger partial charge in [0.15, 0.2) is 5.17 Å². The molecule has 2 aromatic carbocycles. The van der Waals surface area contributed by atoms with Crippen LogP contribution in [0.2, 0.25) is 0 Å². The first-order chi connectivity index (χ1) is 15.5. The molecule has 0 bridgehead atoms. The van der Waals surface area contributed by atoms with Crippen LogP contribution in [0.25, 0.3) is 0 Å². The topological polar surface area (TPSA) is 90.9 Å². The maximum atomic E-state index is 13.7. The van der Waals surface area contributed by atoms with Gasteiger partial charge in [-0.3, -0.25) is 14.4 Å². The van der Waals surface area contributed by atoms with Gasteiger partial charge in [-0.2, -0.15) is 4.99 Å². The molecule has 1 fully saturated rings. The summed E-state index contributed by atoms with van der Waals surface area (Å²) in [6.45, 7) is 1.88. The molecule has 166 valence electrons. The summed E-state index contributed by atoms with van der Waals surface area (Å²) in [4.78, 5) is 43.0. The van der Waals surface area contributed by atoms with Crippen molar-refractivity contribution in [3.63, 3.8) is 0 Å². The summed E-state index contributed by atoms with van der Waals surface area (Å²) in [5, 5.41) is 5.64. The molecule has 0 radical (unpaired) electrons. The van der Waals surface area contributed by atoms with E-state index in [2.05, 4.69) is 20.5 Å². The number of hydrogen-bond acceptors (Lipinski definition) is 5. The number of carbonyl (C=O) groups is 3. The van der Waals surface area contributed by atoms with Gasteiger partial charge >= 0.3 is 0 Å². The van der Waals surface area contributed by atoms with Crippen LogP contribution >= 0.6 is 11.8 Å². The monoisotopic (exact) mass is 454 g/mol. The number of carbonyl (C=O) groups excluding carboxylic acids is 3. The third-order valence-electron chi connectivity index (χ3n) is 5.30.